The molecule has 46 heavy (non-hydrogen) atoms. The molecular formula is C23H28N2O17P4. The molecule has 7 N–H and O–H groups in total. The van der Waals surface area contributed by atoms with Crippen molar-refractivity contribution in [2.45, 2.75) is 43.9 Å². The molecule has 23 heteroatoms. The normalized spacial score (nSPS) is 29.8. The van der Waals surface area contributed by atoms with Crippen LogP contribution < -0.4 is 5.32 Å². The predicted octanol–water partition coefficient (Wildman–Crippen LogP) is 2.51. The average molecular weight is 728 g/mol. The first-order valence-electron chi connectivity index (χ1n) is 13.1. The Kier molecular flexibility index (Phi) is 9.89. The third-order valence-corrected chi connectivity index (χ3v) is 13.0. The van der Waals surface area contributed by atoms with E-state index in [0.717, 1.165) is 4.90 Å². The molecule has 0 spiro atoms. The van der Waals surface area contributed by atoms with Crippen LogP contribution in [0, 0.1) is 0 Å². The molecule has 3 aliphatic rings. The van der Waals surface area contributed by atoms with Crippen LogP contribution in [0.25, 0.3) is 10.8 Å². The summed E-state index contributed by atoms with van der Waals surface area (Å²) in [4.78, 5) is 53.3. The molecule has 252 valence electrons. The molecule has 0 saturated carbocycles. The summed E-state index contributed by atoms with van der Waals surface area (Å²) in [6, 6.07) is 10.6. The van der Waals surface area contributed by atoms with E-state index in [9.17, 15) is 52.8 Å². The monoisotopic (exact) mass is 728 g/mol. The van der Waals surface area contributed by atoms with Crippen LogP contribution >= 0.6 is 31.1 Å². The Morgan fingerprint density at radius 2 is 1.54 bits per heavy atom. The zero-order valence-electron chi connectivity index (χ0n) is 23.4. The number of allylic oxidation sites excluding steroid dienone is 1. The predicted molar refractivity (Wildman–Crippen MR) is 154 cm³/mol. The van der Waals surface area contributed by atoms with Crippen molar-refractivity contribution >= 4 is 47.9 Å². The topological polar surface area (TPSA) is 277 Å². The average Bonchev–Trinajstić information content (AvgIpc) is 3.42. The Bertz CT molecular complexity index is 1780. The van der Waals surface area contributed by atoms with Gasteiger partial charge in [-0.3, -0.25) is 19.3 Å². The summed E-state index contributed by atoms with van der Waals surface area (Å²) in [6.45, 7) is 0.563. The lowest BCUT2D eigenvalue weighted by molar-refractivity contribution is -0.0675. The number of nitrogens with zero attached hydrogens (tertiary/aromatic N) is 1. The van der Waals surface area contributed by atoms with E-state index in [1.54, 1.807) is 49.4 Å². The lowest BCUT2D eigenvalue weighted by Gasteiger charge is -2.33. The number of ether oxygens (including phenoxy) is 2. The van der Waals surface area contributed by atoms with Crippen LogP contribution in [0.4, 0.5) is 4.79 Å². The van der Waals surface area contributed by atoms with E-state index >= 15 is 0 Å². The Morgan fingerprint density at radius 1 is 0.891 bits per heavy atom. The summed E-state index contributed by atoms with van der Waals surface area (Å²) in [5.41, 5.74) is 0.718. The van der Waals surface area contributed by atoms with Crippen molar-refractivity contribution in [3.63, 3.8) is 0 Å². The molecule has 1 saturated heterocycles. The molecule has 3 heterocycles. The van der Waals surface area contributed by atoms with Gasteiger partial charge in [0.15, 0.2) is 6.23 Å². The molecule has 2 aromatic carbocycles. The third-order valence-electron chi connectivity index (χ3n) is 6.66. The highest BCUT2D eigenvalue weighted by molar-refractivity contribution is 7.70. The van der Waals surface area contributed by atoms with Crippen molar-refractivity contribution in [3.05, 3.63) is 71.6 Å². The first-order valence-corrected chi connectivity index (χ1v) is 19.3. The first kappa shape index (κ1) is 35.0. The van der Waals surface area contributed by atoms with Crippen molar-refractivity contribution in [3.8, 4) is 0 Å². The Labute approximate surface area is 259 Å². The lowest BCUT2D eigenvalue weighted by atomic mass is 10.1. The van der Waals surface area contributed by atoms with Gasteiger partial charge in [-0.25, -0.2) is 22.8 Å². The lowest BCUT2D eigenvalue weighted by Crippen LogP contribution is -2.54. The second-order valence-electron chi connectivity index (χ2n) is 10.2. The molecule has 0 radical (unpaired) electrons. The van der Waals surface area contributed by atoms with E-state index in [0.29, 0.717) is 22.1 Å². The van der Waals surface area contributed by atoms with Gasteiger partial charge in [-0.05, 0) is 29.3 Å². The minimum atomic E-state index is -6.04. The van der Waals surface area contributed by atoms with Crippen LogP contribution in [0.5, 0.6) is 0 Å². The van der Waals surface area contributed by atoms with Gasteiger partial charge in [0, 0.05) is 11.8 Å². The van der Waals surface area contributed by atoms with Gasteiger partial charge in [0.05, 0.1) is 18.5 Å². The SMILES string of the molecule is CC1=CC2=CN([C@@H]3O[C@H](COP(=O)(O)OP(=O)(O)OP(=O)(O)OP(=O)(O)Cc4cccc5ccccc45)[C@@H](O)C3O)C(=O)NC2O1. The number of hydrogen-bond acceptors (Lipinski definition) is 13. The van der Waals surface area contributed by atoms with Crippen molar-refractivity contribution < 1.29 is 79.8 Å². The maximum atomic E-state index is 12.6. The van der Waals surface area contributed by atoms with Crippen molar-refractivity contribution in [2.24, 2.45) is 0 Å². The molecule has 6 unspecified atom stereocenters. The van der Waals surface area contributed by atoms with Crippen LogP contribution in [-0.2, 0) is 51.4 Å². The number of aliphatic hydroxyl groups excluding tert-OH is 2. The Hall–Kier alpha value is -2.27. The second-order valence-corrected chi connectivity index (χ2v) is 16.8. The van der Waals surface area contributed by atoms with E-state index in [-0.39, 0.29) is 5.56 Å². The fourth-order valence-electron chi connectivity index (χ4n) is 4.83. The number of fused-ring (bicyclic) bond motifs is 2. The maximum Gasteiger partial charge on any atom is 0.490 e. The van der Waals surface area contributed by atoms with Crippen LogP contribution in [0.2, 0.25) is 0 Å². The zero-order chi connectivity index (χ0) is 33.7. The van der Waals surface area contributed by atoms with E-state index in [4.69, 9.17) is 9.47 Å². The fraction of sp³-hybridized carbons (Fsp3) is 0.348. The largest absolute Gasteiger partial charge is 0.490 e. The summed E-state index contributed by atoms with van der Waals surface area (Å²) in [6.07, 6.45) is -5.38. The molecule has 19 nitrogen and oxygen atoms in total. The third kappa shape index (κ3) is 8.23. The number of urea groups is 1. The highest BCUT2D eigenvalue weighted by Crippen LogP contribution is 2.71. The van der Waals surface area contributed by atoms with E-state index in [2.05, 4.69) is 22.8 Å². The van der Waals surface area contributed by atoms with E-state index in [1.165, 1.54) is 12.3 Å². The minimum Gasteiger partial charge on any atom is -0.471 e. The molecule has 2 amide bonds. The van der Waals surface area contributed by atoms with Crippen LogP contribution in [-0.4, -0.2) is 78.1 Å². The van der Waals surface area contributed by atoms with Gasteiger partial charge in [0.2, 0.25) is 6.23 Å². The number of aliphatic hydroxyl groups is 2. The van der Waals surface area contributed by atoms with Gasteiger partial charge in [0.1, 0.15) is 18.3 Å². The smallest absolute Gasteiger partial charge is 0.471 e. The van der Waals surface area contributed by atoms with Gasteiger partial charge >= 0.3 is 37.1 Å². The Balaban J connectivity index is 1.17. The standard InChI is InChI=1S/C23H28N2O17P4/c1-13-9-16-10-25(23(28)24-21(16)38-13)22-20(27)19(26)18(39-22)11-37-44(31,32)41-46(35,36)42-45(33,34)40-43(29,30)12-15-7-4-6-14-5-2-3-8-17(14)15/h2-10,18-22,26-27H,11-12H2,1H3,(H,24,28)(H,29,30)(H,31,32)(H,33,34)(H,35,36)/t18-,19-,20?,21?,22-/m1/s1. The number of hydrogen-bond donors (Lipinski definition) is 7. The van der Waals surface area contributed by atoms with Gasteiger partial charge in [-0.2, -0.15) is 8.62 Å². The van der Waals surface area contributed by atoms with Crippen LogP contribution in [0.1, 0.15) is 12.5 Å². The Morgan fingerprint density at radius 3 is 2.28 bits per heavy atom. The zero-order valence-corrected chi connectivity index (χ0v) is 27.0. The van der Waals surface area contributed by atoms with Crippen LogP contribution in [0.15, 0.2) is 66.1 Å². The molecule has 0 aliphatic carbocycles. The number of carbonyl (C=O) groups is 1. The highest BCUT2D eigenvalue weighted by Gasteiger charge is 2.50. The van der Waals surface area contributed by atoms with Crippen molar-refractivity contribution in [1.29, 1.82) is 0 Å². The van der Waals surface area contributed by atoms with Crippen molar-refractivity contribution in [1.82, 2.24) is 10.2 Å². The molecule has 0 bridgehead atoms. The van der Waals surface area contributed by atoms with Gasteiger partial charge in [-0.15, -0.1) is 0 Å². The van der Waals surface area contributed by atoms with Gasteiger partial charge < -0.3 is 39.3 Å². The molecule has 1 fully saturated rings. The quantitative estimate of drug-likeness (QED) is 0.155. The number of amides is 2. The molecule has 0 aromatic heterocycles. The molecule has 5 rings (SSSR count). The van der Waals surface area contributed by atoms with Crippen molar-refractivity contribution in [2.75, 3.05) is 6.61 Å². The number of phosphoric acid groups is 3. The summed E-state index contributed by atoms with van der Waals surface area (Å²) in [5, 5.41) is 24.5. The molecule has 2 aromatic rings. The fourth-order valence-corrected chi connectivity index (χ4v) is 10.4. The highest BCUT2D eigenvalue weighted by atomic mass is 31.3. The van der Waals surface area contributed by atoms with E-state index in [1.807, 2.05) is 0 Å². The first-order chi connectivity index (χ1) is 21.3. The molecule has 3 aliphatic heterocycles. The summed E-state index contributed by atoms with van der Waals surface area (Å²) >= 11 is 0. The minimum absolute atomic E-state index is 0.227. The maximum absolute atomic E-state index is 12.6. The molecular weight excluding hydrogens is 700 g/mol. The summed E-state index contributed by atoms with van der Waals surface area (Å²) in [7, 11) is -22.7. The number of phosphoric ester groups is 1. The number of rotatable bonds is 12. The number of nitrogens with one attached hydrogen (secondary N) is 1. The second kappa shape index (κ2) is 13.0. The summed E-state index contributed by atoms with van der Waals surface area (Å²) in [5.74, 6) is 0.497. The van der Waals surface area contributed by atoms with E-state index < -0.39 is 80.6 Å². The number of carbonyl (C=O) groups excluding carboxylic acids is 1. The van der Waals surface area contributed by atoms with Crippen LogP contribution in [0.3, 0.4) is 0 Å². The summed E-state index contributed by atoms with van der Waals surface area (Å²) < 4.78 is 77.2. The van der Waals surface area contributed by atoms with Gasteiger partial charge in [-0.1, -0.05) is 42.5 Å². The number of benzene rings is 2. The van der Waals surface area contributed by atoms with Gasteiger partial charge in [0.25, 0.3) is 0 Å². The molecule has 9 atom stereocenters.